The molecule has 0 spiro atoms. The van der Waals surface area contributed by atoms with Crippen LogP contribution in [0.15, 0.2) is 84.0 Å². The molecule has 4 rings (SSSR count). The van der Waals surface area contributed by atoms with Crippen molar-refractivity contribution in [1.82, 2.24) is 15.3 Å². The highest BCUT2D eigenvalue weighted by atomic mass is 32.2. The number of pyridine rings is 2. The Bertz CT molecular complexity index is 1470. The third kappa shape index (κ3) is 7.33. The number of amides is 1. The molecule has 2 aromatic heterocycles. The van der Waals surface area contributed by atoms with Crippen LogP contribution in [-0.4, -0.2) is 39.0 Å². The fourth-order valence-corrected chi connectivity index (χ4v) is 4.99. The van der Waals surface area contributed by atoms with Crippen molar-refractivity contribution in [3.8, 4) is 0 Å². The molecule has 0 saturated carbocycles. The number of carboxylic acid groups (broad SMARTS) is 1. The van der Waals surface area contributed by atoms with Gasteiger partial charge < -0.3 is 16.2 Å². The van der Waals surface area contributed by atoms with Gasteiger partial charge in [0.2, 0.25) is 5.91 Å². The van der Waals surface area contributed by atoms with E-state index in [-0.39, 0.29) is 18.2 Å². The predicted molar refractivity (Wildman–Crippen MR) is 142 cm³/mol. The molecule has 39 heavy (non-hydrogen) atoms. The normalized spacial score (nSPS) is 13.1. The van der Waals surface area contributed by atoms with Gasteiger partial charge in [0.1, 0.15) is 6.04 Å². The lowest BCUT2D eigenvalue weighted by molar-refractivity contribution is -0.142. The van der Waals surface area contributed by atoms with Crippen molar-refractivity contribution >= 4 is 34.4 Å². The van der Waals surface area contributed by atoms with Gasteiger partial charge in [-0.15, -0.1) is 11.8 Å². The summed E-state index contributed by atoms with van der Waals surface area (Å²) in [5, 5.41) is 12.6. The number of carboxylic acids is 1. The highest BCUT2D eigenvalue weighted by molar-refractivity contribution is 7.98. The molecule has 0 saturated heterocycles. The second kappa shape index (κ2) is 12.3. The Morgan fingerprint density at radius 1 is 0.923 bits per heavy atom. The van der Waals surface area contributed by atoms with Crippen LogP contribution >= 0.6 is 11.8 Å². The van der Waals surface area contributed by atoms with Crippen molar-refractivity contribution in [2.45, 2.75) is 41.7 Å². The standard InChI is InChI=1S/C28H25F3N4O3S/c29-28(30,31)22-11-5-10-20-21(22)14-33-15-25(20)39-16-19-9-4-8-18(34-19)13-24(27(37)38)35-26(36)23(32)12-17-6-2-1-3-7-17/h1-11,14-15,23-24H,12-13,16,32H2,(H,35,36)(H,37,38). The minimum absolute atomic E-state index is 0.0159. The summed E-state index contributed by atoms with van der Waals surface area (Å²) in [6, 6.07) is 16.1. The summed E-state index contributed by atoms with van der Waals surface area (Å²) in [6.07, 6.45) is -1.60. The number of hydrogen-bond acceptors (Lipinski definition) is 6. The van der Waals surface area contributed by atoms with Gasteiger partial charge in [-0.05, 0) is 35.6 Å². The summed E-state index contributed by atoms with van der Waals surface area (Å²) in [6.45, 7) is 0. The highest BCUT2D eigenvalue weighted by Crippen LogP contribution is 2.37. The summed E-state index contributed by atoms with van der Waals surface area (Å²) < 4.78 is 40.2. The van der Waals surface area contributed by atoms with E-state index in [0.717, 1.165) is 11.6 Å². The van der Waals surface area contributed by atoms with Gasteiger partial charge in [0, 0.05) is 40.5 Å². The number of nitrogens with one attached hydrogen (secondary N) is 1. The maximum Gasteiger partial charge on any atom is 0.417 e. The zero-order valence-corrected chi connectivity index (χ0v) is 21.4. The van der Waals surface area contributed by atoms with Crippen LogP contribution in [0.1, 0.15) is 22.5 Å². The molecular weight excluding hydrogens is 529 g/mol. The van der Waals surface area contributed by atoms with Gasteiger partial charge >= 0.3 is 12.1 Å². The van der Waals surface area contributed by atoms with E-state index in [1.165, 1.54) is 30.2 Å². The molecule has 2 heterocycles. The summed E-state index contributed by atoms with van der Waals surface area (Å²) in [5.74, 6) is -1.49. The molecule has 2 atom stereocenters. The number of hydrogen-bond donors (Lipinski definition) is 3. The number of carbonyl (C=O) groups excluding carboxylic acids is 1. The third-order valence-electron chi connectivity index (χ3n) is 5.98. The van der Waals surface area contributed by atoms with E-state index in [4.69, 9.17) is 5.73 Å². The average molecular weight is 555 g/mol. The Hall–Kier alpha value is -3.96. The Kier molecular flexibility index (Phi) is 8.82. The van der Waals surface area contributed by atoms with Crippen LogP contribution in [-0.2, 0) is 34.4 Å². The van der Waals surface area contributed by atoms with Crippen molar-refractivity contribution in [1.29, 1.82) is 0 Å². The minimum Gasteiger partial charge on any atom is -0.480 e. The van der Waals surface area contributed by atoms with Crippen LogP contribution in [0.2, 0.25) is 0 Å². The van der Waals surface area contributed by atoms with E-state index in [0.29, 0.717) is 27.4 Å². The summed E-state index contributed by atoms with van der Waals surface area (Å²) in [5.41, 5.74) is 7.13. The number of fused-ring (bicyclic) bond motifs is 1. The highest BCUT2D eigenvalue weighted by Gasteiger charge is 2.32. The third-order valence-corrected chi connectivity index (χ3v) is 7.05. The van der Waals surface area contributed by atoms with Gasteiger partial charge in [0.15, 0.2) is 0 Å². The zero-order valence-electron chi connectivity index (χ0n) is 20.6. The topological polar surface area (TPSA) is 118 Å². The van der Waals surface area contributed by atoms with Gasteiger partial charge in [-0.2, -0.15) is 13.2 Å². The van der Waals surface area contributed by atoms with Gasteiger partial charge in [-0.3, -0.25) is 14.8 Å². The number of nitrogens with two attached hydrogens (primary N) is 1. The number of halogens is 3. The number of nitrogens with zero attached hydrogens (tertiary/aromatic N) is 2. The molecule has 0 aliphatic rings. The lowest BCUT2D eigenvalue weighted by Crippen LogP contribution is -2.50. The van der Waals surface area contributed by atoms with Crippen LogP contribution in [0.5, 0.6) is 0 Å². The first kappa shape index (κ1) is 28.1. The summed E-state index contributed by atoms with van der Waals surface area (Å²) in [7, 11) is 0. The van der Waals surface area contributed by atoms with Crippen molar-refractivity contribution in [3.63, 3.8) is 0 Å². The van der Waals surface area contributed by atoms with Gasteiger partial charge in [-0.25, -0.2) is 4.79 Å². The quantitative estimate of drug-likeness (QED) is 0.245. The Morgan fingerprint density at radius 2 is 1.64 bits per heavy atom. The molecule has 0 bridgehead atoms. The fourth-order valence-electron chi connectivity index (χ4n) is 4.05. The molecule has 2 aromatic carbocycles. The number of benzene rings is 2. The lowest BCUT2D eigenvalue weighted by Gasteiger charge is -2.18. The zero-order chi connectivity index (χ0) is 28.0. The molecule has 4 aromatic rings. The van der Waals surface area contributed by atoms with Crippen molar-refractivity contribution < 1.29 is 27.9 Å². The van der Waals surface area contributed by atoms with Crippen molar-refractivity contribution in [2.24, 2.45) is 5.73 Å². The first-order valence-corrected chi connectivity index (χ1v) is 12.9. The molecule has 4 N–H and O–H groups in total. The number of alkyl halides is 3. The molecule has 2 unspecified atom stereocenters. The van der Waals surface area contributed by atoms with E-state index >= 15 is 0 Å². The van der Waals surface area contributed by atoms with Gasteiger partial charge in [0.25, 0.3) is 0 Å². The molecule has 7 nitrogen and oxygen atoms in total. The number of carbonyl (C=O) groups is 2. The second-order valence-corrected chi connectivity index (χ2v) is 9.86. The summed E-state index contributed by atoms with van der Waals surface area (Å²) >= 11 is 1.28. The number of aromatic nitrogens is 2. The Labute approximate surface area is 226 Å². The van der Waals surface area contributed by atoms with E-state index in [9.17, 15) is 27.9 Å². The Balaban J connectivity index is 1.43. The van der Waals surface area contributed by atoms with E-state index in [2.05, 4.69) is 15.3 Å². The molecule has 0 aliphatic heterocycles. The largest absolute Gasteiger partial charge is 0.480 e. The number of aliphatic carboxylic acids is 1. The predicted octanol–water partition coefficient (Wildman–Crippen LogP) is 4.62. The fraction of sp³-hybridized carbons (Fsp3) is 0.214. The molecule has 0 aliphatic carbocycles. The maximum atomic E-state index is 13.4. The SMILES string of the molecule is NC(Cc1ccccc1)C(=O)NC(Cc1cccc(CSc2cncc3c(C(F)(F)F)cccc23)n1)C(=O)O. The van der Waals surface area contributed by atoms with E-state index in [1.54, 1.807) is 24.3 Å². The number of rotatable bonds is 10. The number of thioether (sulfide) groups is 1. The van der Waals surface area contributed by atoms with Crippen molar-refractivity contribution in [3.05, 3.63) is 102 Å². The van der Waals surface area contributed by atoms with Gasteiger partial charge in [0.05, 0.1) is 17.3 Å². The van der Waals surface area contributed by atoms with Crippen LogP contribution in [0.3, 0.4) is 0 Å². The molecule has 0 radical (unpaired) electrons. The van der Waals surface area contributed by atoms with Crippen LogP contribution < -0.4 is 11.1 Å². The molecule has 1 amide bonds. The first-order chi connectivity index (χ1) is 18.6. The van der Waals surface area contributed by atoms with Crippen LogP contribution in [0.25, 0.3) is 10.8 Å². The maximum absolute atomic E-state index is 13.4. The monoisotopic (exact) mass is 554 g/mol. The van der Waals surface area contributed by atoms with E-state index < -0.39 is 35.7 Å². The molecule has 202 valence electrons. The second-order valence-electron chi connectivity index (χ2n) is 8.84. The molecular formula is C28H25F3N4O3S. The lowest BCUT2D eigenvalue weighted by atomic mass is 10.0. The van der Waals surface area contributed by atoms with Gasteiger partial charge in [-0.1, -0.05) is 48.5 Å². The average Bonchev–Trinajstić information content (AvgIpc) is 2.91. The molecule has 0 fully saturated rings. The molecule has 11 heteroatoms. The summed E-state index contributed by atoms with van der Waals surface area (Å²) in [4.78, 5) is 33.5. The van der Waals surface area contributed by atoms with Crippen molar-refractivity contribution in [2.75, 3.05) is 0 Å². The first-order valence-electron chi connectivity index (χ1n) is 12.0. The Morgan fingerprint density at radius 3 is 2.36 bits per heavy atom. The van der Waals surface area contributed by atoms with Crippen LogP contribution in [0.4, 0.5) is 13.2 Å². The smallest absolute Gasteiger partial charge is 0.417 e. The van der Waals surface area contributed by atoms with E-state index in [1.807, 2.05) is 30.3 Å². The minimum atomic E-state index is -4.50. The van der Waals surface area contributed by atoms with Crippen LogP contribution in [0, 0.1) is 0 Å².